The molecule has 70 valence electrons. The minimum atomic E-state index is 0.294. The van der Waals surface area contributed by atoms with Gasteiger partial charge in [-0.3, -0.25) is 0 Å². The minimum Gasteiger partial charge on any atom is -0.209 e. The summed E-state index contributed by atoms with van der Waals surface area (Å²) >= 11 is 5.70. The molecule has 2 rings (SSSR count). The van der Waals surface area contributed by atoms with E-state index in [0.717, 1.165) is 10.9 Å². The fourth-order valence-electron chi connectivity index (χ4n) is 1.33. The van der Waals surface area contributed by atoms with Gasteiger partial charge in [0.2, 0.25) is 0 Å². The summed E-state index contributed by atoms with van der Waals surface area (Å²) in [6, 6.07) is 7.43. The zero-order valence-corrected chi connectivity index (χ0v) is 7.90. The average molecular weight is 208 g/mol. The van der Waals surface area contributed by atoms with Crippen molar-refractivity contribution >= 4 is 28.6 Å². The highest BCUT2D eigenvalue weighted by Gasteiger charge is 2.07. The number of para-hydroxylation sites is 1. The lowest BCUT2D eigenvalue weighted by Crippen LogP contribution is -1.90. The SMILES string of the molecule is O=C=Nn1nc(CCl)c2ccccc21. The number of isocyanates is 1. The van der Waals surface area contributed by atoms with Crippen molar-refractivity contribution in [3.8, 4) is 0 Å². The number of benzene rings is 1. The van der Waals surface area contributed by atoms with Gasteiger partial charge < -0.3 is 0 Å². The van der Waals surface area contributed by atoms with Crippen molar-refractivity contribution in [2.45, 2.75) is 5.88 Å². The van der Waals surface area contributed by atoms with Crippen LogP contribution in [0.3, 0.4) is 0 Å². The van der Waals surface area contributed by atoms with E-state index in [-0.39, 0.29) is 0 Å². The van der Waals surface area contributed by atoms with Crippen molar-refractivity contribution in [2.24, 2.45) is 5.10 Å². The van der Waals surface area contributed by atoms with Crippen molar-refractivity contribution < 1.29 is 4.79 Å². The van der Waals surface area contributed by atoms with Crippen molar-refractivity contribution in [3.05, 3.63) is 30.0 Å². The predicted octanol–water partition coefficient (Wildman–Crippen LogP) is 1.87. The molecule has 0 radical (unpaired) electrons. The smallest absolute Gasteiger partial charge is 0.209 e. The monoisotopic (exact) mass is 207 g/mol. The van der Waals surface area contributed by atoms with Crippen LogP contribution >= 0.6 is 11.6 Å². The molecular weight excluding hydrogens is 202 g/mol. The van der Waals surface area contributed by atoms with Crippen LogP contribution in [0.1, 0.15) is 5.69 Å². The number of alkyl halides is 1. The number of hydrogen-bond acceptors (Lipinski definition) is 3. The van der Waals surface area contributed by atoms with Crippen LogP contribution in [0, 0.1) is 0 Å². The van der Waals surface area contributed by atoms with Crippen LogP contribution in [-0.2, 0) is 10.7 Å². The van der Waals surface area contributed by atoms with Gasteiger partial charge in [0.25, 0.3) is 6.08 Å². The number of hydrogen-bond donors (Lipinski definition) is 0. The van der Waals surface area contributed by atoms with Crippen LogP contribution in [0.4, 0.5) is 0 Å². The van der Waals surface area contributed by atoms with Crippen LogP contribution in [0.25, 0.3) is 10.9 Å². The van der Waals surface area contributed by atoms with Crippen LogP contribution < -0.4 is 0 Å². The fraction of sp³-hybridized carbons (Fsp3) is 0.111. The first kappa shape index (κ1) is 8.94. The van der Waals surface area contributed by atoms with Gasteiger partial charge in [-0.15, -0.1) is 16.4 Å². The summed E-state index contributed by atoms with van der Waals surface area (Å²) in [6.07, 6.45) is 1.45. The maximum Gasteiger partial charge on any atom is 0.260 e. The van der Waals surface area contributed by atoms with Gasteiger partial charge in [0.15, 0.2) is 0 Å². The third-order valence-electron chi connectivity index (χ3n) is 1.91. The normalized spacial score (nSPS) is 10.1. The largest absolute Gasteiger partial charge is 0.260 e. The first-order valence-corrected chi connectivity index (χ1v) is 4.51. The van der Waals surface area contributed by atoms with Gasteiger partial charge >= 0.3 is 0 Å². The van der Waals surface area contributed by atoms with Gasteiger partial charge in [0.05, 0.1) is 17.1 Å². The highest BCUT2D eigenvalue weighted by molar-refractivity contribution is 6.17. The molecule has 5 heteroatoms. The maximum absolute atomic E-state index is 10.1. The minimum absolute atomic E-state index is 0.294. The number of halogens is 1. The molecule has 0 aliphatic carbocycles. The lowest BCUT2D eigenvalue weighted by Gasteiger charge is -1.89. The molecule has 0 spiro atoms. The number of fused-ring (bicyclic) bond motifs is 1. The van der Waals surface area contributed by atoms with Crippen LogP contribution in [0.2, 0.25) is 0 Å². The first-order valence-electron chi connectivity index (χ1n) is 3.97. The van der Waals surface area contributed by atoms with E-state index in [4.69, 9.17) is 11.6 Å². The van der Waals surface area contributed by atoms with E-state index in [2.05, 4.69) is 10.2 Å². The Kier molecular flexibility index (Phi) is 2.31. The molecule has 1 aromatic carbocycles. The summed E-state index contributed by atoms with van der Waals surface area (Å²) < 4.78 is 0. The topological polar surface area (TPSA) is 47.2 Å². The summed E-state index contributed by atoms with van der Waals surface area (Å²) in [4.78, 5) is 11.4. The Morgan fingerprint density at radius 2 is 2.29 bits per heavy atom. The highest BCUT2D eigenvalue weighted by Crippen LogP contribution is 2.19. The molecular formula is C9H6ClN3O. The second-order valence-corrected chi connectivity index (χ2v) is 2.95. The molecule has 0 saturated carbocycles. The lowest BCUT2D eigenvalue weighted by atomic mass is 10.2. The van der Waals surface area contributed by atoms with Crippen molar-refractivity contribution in [2.75, 3.05) is 0 Å². The van der Waals surface area contributed by atoms with Crippen molar-refractivity contribution in [3.63, 3.8) is 0 Å². The zero-order chi connectivity index (χ0) is 9.97. The summed E-state index contributed by atoms with van der Waals surface area (Å²) in [5, 5.41) is 8.40. The van der Waals surface area contributed by atoms with Gasteiger partial charge in [0, 0.05) is 5.39 Å². The quantitative estimate of drug-likeness (QED) is 0.429. The molecule has 14 heavy (non-hydrogen) atoms. The number of rotatable bonds is 2. The molecule has 0 N–H and O–H groups in total. The summed E-state index contributed by atoms with van der Waals surface area (Å²) in [6.45, 7) is 0. The van der Waals surface area contributed by atoms with E-state index in [0.29, 0.717) is 11.6 Å². The predicted molar refractivity (Wildman–Crippen MR) is 52.8 cm³/mol. The number of aromatic nitrogens is 2. The molecule has 0 aliphatic heterocycles. The van der Waals surface area contributed by atoms with E-state index in [9.17, 15) is 4.79 Å². The van der Waals surface area contributed by atoms with E-state index in [1.54, 1.807) is 0 Å². The molecule has 0 saturated heterocycles. The van der Waals surface area contributed by atoms with Gasteiger partial charge in [-0.2, -0.15) is 5.10 Å². The van der Waals surface area contributed by atoms with Gasteiger partial charge in [-0.25, -0.2) is 4.79 Å². The molecule has 4 nitrogen and oxygen atoms in total. The standard InChI is InChI=1S/C9H6ClN3O/c10-5-8-7-3-1-2-4-9(7)13(12-8)11-6-14/h1-4H,5H2. The second-order valence-electron chi connectivity index (χ2n) is 2.68. The zero-order valence-electron chi connectivity index (χ0n) is 7.14. The molecule has 0 unspecified atom stereocenters. The Morgan fingerprint density at radius 1 is 1.50 bits per heavy atom. The molecule has 1 aromatic heterocycles. The van der Waals surface area contributed by atoms with Gasteiger partial charge in [-0.1, -0.05) is 23.3 Å². The lowest BCUT2D eigenvalue weighted by molar-refractivity contribution is 0.557. The first-order chi connectivity index (χ1) is 6.86. The van der Waals surface area contributed by atoms with Crippen LogP contribution in [0.5, 0.6) is 0 Å². The number of carbonyl (C=O) groups excluding carboxylic acids is 1. The van der Waals surface area contributed by atoms with E-state index in [1.807, 2.05) is 24.3 Å². The second kappa shape index (κ2) is 3.62. The molecule has 0 amide bonds. The fourth-order valence-corrected chi connectivity index (χ4v) is 1.53. The van der Waals surface area contributed by atoms with Gasteiger partial charge in [-0.05, 0) is 6.07 Å². The number of nitrogens with zero attached hydrogens (tertiary/aromatic N) is 3. The molecule has 0 bridgehead atoms. The van der Waals surface area contributed by atoms with Crippen molar-refractivity contribution in [1.82, 2.24) is 9.89 Å². The summed E-state index contributed by atoms with van der Waals surface area (Å²) in [7, 11) is 0. The Balaban J connectivity index is 2.79. The molecule has 0 atom stereocenters. The molecule has 0 fully saturated rings. The average Bonchev–Trinajstić information content (AvgIpc) is 2.58. The Morgan fingerprint density at radius 3 is 3.00 bits per heavy atom. The molecule has 1 heterocycles. The molecule has 2 aromatic rings. The van der Waals surface area contributed by atoms with Gasteiger partial charge in [0.1, 0.15) is 0 Å². The summed E-state index contributed by atoms with van der Waals surface area (Å²) in [5.74, 6) is 0.294. The third kappa shape index (κ3) is 1.31. The van der Waals surface area contributed by atoms with E-state index < -0.39 is 0 Å². The summed E-state index contributed by atoms with van der Waals surface area (Å²) in [5.41, 5.74) is 1.47. The maximum atomic E-state index is 10.1. The molecule has 0 aliphatic rings. The Labute approximate surface area is 84.8 Å². The van der Waals surface area contributed by atoms with E-state index >= 15 is 0 Å². The third-order valence-corrected chi connectivity index (χ3v) is 2.16. The van der Waals surface area contributed by atoms with Crippen LogP contribution in [-0.4, -0.2) is 16.0 Å². The van der Waals surface area contributed by atoms with E-state index in [1.165, 1.54) is 10.9 Å². The Bertz CT molecular complexity index is 514. The Hall–Kier alpha value is -1.64. The highest BCUT2D eigenvalue weighted by atomic mass is 35.5. The van der Waals surface area contributed by atoms with Crippen LogP contribution in [0.15, 0.2) is 29.4 Å². The van der Waals surface area contributed by atoms with Crippen molar-refractivity contribution in [1.29, 1.82) is 0 Å².